The minimum absolute atomic E-state index is 0.253. The SMILES string of the molecule is Cc1cc(-c2ccc3c4c([nH]c3c2F)-c2ccc(C(=O)O)cc2CC4)ccc1F. The number of aryl methyl sites for hydroxylation is 3. The molecule has 0 saturated heterocycles. The molecule has 1 aromatic heterocycles. The third-order valence-corrected chi connectivity index (χ3v) is 5.75. The molecular formula is C24H17F2NO2. The van der Waals surface area contributed by atoms with Crippen LogP contribution < -0.4 is 0 Å². The number of halogens is 2. The highest BCUT2D eigenvalue weighted by molar-refractivity contribution is 5.96. The highest BCUT2D eigenvalue weighted by Crippen LogP contribution is 2.40. The van der Waals surface area contributed by atoms with Crippen molar-refractivity contribution in [2.75, 3.05) is 0 Å². The lowest BCUT2D eigenvalue weighted by atomic mass is 9.88. The standard InChI is InChI=1S/C24H17F2NO2/c1-12-10-13(4-9-20(12)25)16-7-8-19-18-6-2-14-11-15(24(28)29)3-5-17(14)22(18)27-23(19)21(16)26/h3-5,7-11,27H,2,6H2,1H3,(H,28,29). The normalized spacial score (nSPS) is 12.7. The molecule has 3 aromatic carbocycles. The summed E-state index contributed by atoms with van der Waals surface area (Å²) in [5, 5.41) is 10.1. The highest BCUT2D eigenvalue weighted by atomic mass is 19.1. The molecule has 0 spiro atoms. The Labute approximate surface area is 165 Å². The molecule has 1 aliphatic rings. The fourth-order valence-corrected chi connectivity index (χ4v) is 4.25. The van der Waals surface area contributed by atoms with Gasteiger partial charge in [0.2, 0.25) is 0 Å². The lowest BCUT2D eigenvalue weighted by Gasteiger charge is -2.17. The van der Waals surface area contributed by atoms with Crippen molar-refractivity contribution in [3.8, 4) is 22.4 Å². The second-order valence-corrected chi connectivity index (χ2v) is 7.47. The number of carboxylic acids is 1. The van der Waals surface area contributed by atoms with Crippen LogP contribution in [-0.4, -0.2) is 16.1 Å². The predicted octanol–water partition coefficient (Wildman–Crippen LogP) is 5.89. The molecule has 0 saturated carbocycles. The van der Waals surface area contributed by atoms with Crippen LogP contribution in [0, 0.1) is 18.6 Å². The number of H-pyrrole nitrogens is 1. The monoisotopic (exact) mass is 389 g/mol. The smallest absolute Gasteiger partial charge is 0.335 e. The highest BCUT2D eigenvalue weighted by Gasteiger charge is 2.24. The van der Waals surface area contributed by atoms with Gasteiger partial charge in [-0.25, -0.2) is 13.6 Å². The number of fused-ring (bicyclic) bond motifs is 5. The second kappa shape index (κ2) is 6.27. The maximum absolute atomic E-state index is 15.4. The molecule has 0 radical (unpaired) electrons. The fraction of sp³-hybridized carbons (Fsp3) is 0.125. The number of benzene rings is 3. The van der Waals surface area contributed by atoms with Crippen LogP contribution in [0.25, 0.3) is 33.3 Å². The lowest BCUT2D eigenvalue weighted by molar-refractivity contribution is 0.0696. The topological polar surface area (TPSA) is 53.1 Å². The summed E-state index contributed by atoms with van der Waals surface area (Å²) >= 11 is 0. The number of aromatic nitrogens is 1. The molecule has 144 valence electrons. The Morgan fingerprint density at radius 2 is 1.79 bits per heavy atom. The van der Waals surface area contributed by atoms with Gasteiger partial charge in [-0.05, 0) is 66.3 Å². The van der Waals surface area contributed by atoms with E-state index in [0.717, 1.165) is 27.8 Å². The number of rotatable bonds is 2. The summed E-state index contributed by atoms with van der Waals surface area (Å²) in [7, 11) is 0. The summed E-state index contributed by atoms with van der Waals surface area (Å²) in [5.74, 6) is -1.64. The first-order valence-corrected chi connectivity index (χ1v) is 9.40. The zero-order valence-electron chi connectivity index (χ0n) is 15.6. The van der Waals surface area contributed by atoms with Gasteiger partial charge >= 0.3 is 5.97 Å². The second-order valence-electron chi connectivity index (χ2n) is 7.47. The Morgan fingerprint density at radius 1 is 1.00 bits per heavy atom. The van der Waals surface area contributed by atoms with Crippen LogP contribution >= 0.6 is 0 Å². The van der Waals surface area contributed by atoms with Crippen LogP contribution in [0.15, 0.2) is 48.5 Å². The quantitative estimate of drug-likeness (QED) is 0.449. The van der Waals surface area contributed by atoms with Gasteiger partial charge in [0.1, 0.15) is 5.82 Å². The maximum Gasteiger partial charge on any atom is 0.335 e. The van der Waals surface area contributed by atoms with Crippen LogP contribution in [0.1, 0.15) is 27.0 Å². The largest absolute Gasteiger partial charge is 0.478 e. The minimum atomic E-state index is -0.958. The van der Waals surface area contributed by atoms with Gasteiger partial charge in [-0.15, -0.1) is 0 Å². The van der Waals surface area contributed by atoms with Gasteiger partial charge in [-0.1, -0.05) is 24.3 Å². The molecule has 0 aliphatic heterocycles. The minimum Gasteiger partial charge on any atom is -0.478 e. The van der Waals surface area contributed by atoms with E-state index in [9.17, 15) is 14.3 Å². The van der Waals surface area contributed by atoms with E-state index < -0.39 is 5.97 Å². The first-order chi connectivity index (χ1) is 13.9. The van der Waals surface area contributed by atoms with E-state index in [4.69, 9.17) is 0 Å². The Kier molecular flexibility index (Phi) is 3.81. The summed E-state index contributed by atoms with van der Waals surface area (Å²) in [6, 6.07) is 13.3. The van der Waals surface area contributed by atoms with Gasteiger partial charge in [0.05, 0.1) is 16.8 Å². The van der Waals surface area contributed by atoms with Crippen LogP contribution in [0.2, 0.25) is 0 Å². The van der Waals surface area contributed by atoms with E-state index in [-0.39, 0.29) is 17.2 Å². The molecule has 5 heteroatoms. The van der Waals surface area contributed by atoms with Crippen molar-refractivity contribution in [2.45, 2.75) is 19.8 Å². The van der Waals surface area contributed by atoms with E-state index in [1.807, 2.05) is 6.07 Å². The molecule has 1 aliphatic carbocycles. The fourth-order valence-electron chi connectivity index (χ4n) is 4.25. The van der Waals surface area contributed by atoms with Crippen LogP contribution in [0.3, 0.4) is 0 Å². The number of hydrogen-bond donors (Lipinski definition) is 2. The molecule has 3 nitrogen and oxygen atoms in total. The van der Waals surface area contributed by atoms with Gasteiger partial charge in [-0.2, -0.15) is 0 Å². The van der Waals surface area contributed by atoms with Crippen molar-refractivity contribution in [1.82, 2.24) is 4.98 Å². The van der Waals surface area contributed by atoms with Crippen LogP contribution in [0.4, 0.5) is 8.78 Å². The van der Waals surface area contributed by atoms with E-state index in [0.29, 0.717) is 35.0 Å². The molecule has 4 aromatic rings. The van der Waals surface area contributed by atoms with Crippen molar-refractivity contribution in [1.29, 1.82) is 0 Å². The Balaban J connectivity index is 1.69. The Morgan fingerprint density at radius 3 is 2.55 bits per heavy atom. The Hall–Kier alpha value is -3.47. The van der Waals surface area contributed by atoms with Gasteiger partial charge in [-0.3, -0.25) is 0 Å². The van der Waals surface area contributed by atoms with Crippen molar-refractivity contribution < 1.29 is 18.7 Å². The summed E-state index contributed by atoms with van der Waals surface area (Å²) in [6.45, 7) is 1.66. The van der Waals surface area contributed by atoms with Gasteiger partial charge in [0.25, 0.3) is 0 Å². The molecule has 0 unspecified atom stereocenters. The van der Waals surface area contributed by atoms with Crippen molar-refractivity contribution in [3.63, 3.8) is 0 Å². The third kappa shape index (κ3) is 2.65. The molecule has 0 amide bonds. The number of aromatic carboxylic acids is 1. The maximum atomic E-state index is 15.4. The summed E-state index contributed by atoms with van der Waals surface area (Å²) in [5.41, 5.74) is 5.91. The Bertz CT molecular complexity index is 1320. The zero-order valence-corrected chi connectivity index (χ0v) is 15.6. The third-order valence-electron chi connectivity index (χ3n) is 5.75. The number of carboxylic acid groups (broad SMARTS) is 1. The van der Waals surface area contributed by atoms with Crippen molar-refractivity contribution in [2.24, 2.45) is 0 Å². The van der Waals surface area contributed by atoms with Gasteiger partial charge in [0, 0.05) is 16.5 Å². The number of aromatic amines is 1. The van der Waals surface area contributed by atoms with E-state index >= 15 is 4.39 Å². The molecular weight excluding hydrogens is 372 g/mol. The average molecular weight is 389 g/mol. The first-order valence-electron chi connectivity index (χ1n) is 9.40. The van der Waals surface area contributed by atoms with Gasteiger partial charge in [0.15, 0.2) is 5.82 Å². The summed E-state index contributed by atoms with van der Waals surface area (Å²) in [6.07, 6.45) is 1.41. The number of hydrogen-bond acceptors (Lipinski definition) is 1. The molecule has 5 rings (SSSR count). The van der Waals surface area contributed by atoms with E-state index in [2.05, 4.69) is 4.98 Å². The van der Waals surface area contributed by atoms with Crippen LogP contribution in [-0.2, 0) is 12.8 Å². The molecule has 1 heterocycles. The zero-order chi connectivity index (χ0) is 20.3. The molecule has 29 heavy (non-hydrogen) atoms. The lowest BCUT2D eigenvalue weighted by Crippen LogP contribution is -2.05. The molecule has 0 atom stereocenters. The molecule has 0 fully saturated rings. The van der Waals surface area contributed by atoms with Crippen molar-refractivity contribution >= 4 is 16.9 Å². The van der Waals surface area contributed by atoms with Gasteiger partial charge < -0.3 is 10.1 Å². The predicted molar refractivity (Wildman–Crippen MR) is 108 cm³/mol. The van der Waals surface area contributed by atoms with Crippen molar-refractivity contribution in [3.05, 3.63) is 82.4 Å². The number of nitrogens with one attached hydrogen (secondary N) is 1. The van der Waals surface area contributed by atoms with E-state index in [1.165, 1.54) is 6.07 Å². The van der Waals surface area contributed by atoms with E-state index in [1.54, 1.807) is 43.3 Å². The summed E-state index contributed by atoms with van der Waals surface area (Å²) in [4.78, 5) is 14.5. The summed E-state index contributed by atoms with van der Waals surface area (Å²) < 4.78 is 29.0. The first kappa shape index (κ1) is 17.6. The van der Waals surface area contributed by atoms with Crippen LogP contribution in [0.5, 0.6) is 0 Å². The molecule has 0 bridgehead atoms. The molecule has 2 N–H and O–H groups in total. The number of carbonyl (C=O) groups is 1. The average Bonchev–Trinajstić information content (AvgIpc) is 3.10.